The molecule has 0 aliphatic carbocycles. The summed E-state index contributed by atoms with van der Waals surface area (Å²) in [6.07, 6.45) is 0. The van der Waals surface area contributed by atoms with E-state index in [4.69, 9.17) is 5.11 Å². The van der Waals surface area contributed by atoms with Crippen LogP contribution in [0.5, 0.6) is 0 Å². The van der Waals surface area contributed by atoms with E-state index in [-0.39, 0.29) is 11.3 Å². The third kappa shape index (κ3) is 4.84. The Morgan fingerprint density at radius 3 is 2.25 bits per heavy atom. The van der Waals surface area contributed by atoms with E-state index in [1.807, 2.05) is 34.9 Å². The van der Waals surface area contributed by atoms with Crippen molar-refractivity contribution in [2.24, 2.45) is 0 Å². The van der Waals surface area contributed by atoms with E-state index in [0.29, 0.717) is 23.3 Å². The molecule has 0 saturated heterocycles. The zero-order valence-electron chi connectivity index (χ0n) is 16.8. The zero-order valence-corrected chi connectivity index (χ0v) is 17.6. The van der Waals surface area contributed by atoms with Gasteiger partial charge in [-0.2, -0.15) is 0 Å². The Bertz CT molecular complexity index is 1240. The number of thioether (sulfide) groups is 1. The molecule has 0 unspecified atom stereocenters. The highest BCUT2D eigenvalue weighted by Crippen LogP contribution is 2.28. The molecule has 4 aromatic rings. The number of hydrogen-bond acceptors (Lipinski definition) is 6. The Morgan fingerprint density at radius 2 is 1.62 bits per heavy atom. The number of carbonyl (C=O) groups is 1. The lowest BCUT2D eigenvalue weighted by Gasteiger charge is -2.11. The molecular formula is C23H18N4O4S. The normalized spacial score (nSPS) is 10.8. The molecule has 32 heavy (non-hydrogen) atoms. The van der Waals surface area contributed by atoms with E-state index < -0.39 is 10.9 Å². The second-order valence-electron chi connectivity index (χ2n) is 6.97. The van der Waals surface area contributed by atoms with Crippen molar-refractivity contribution < 1.29 is 14.8 Å². The maximum Gasteiger partial charge on any atom is 0.335 e. The SMILES string of the molecule is O=C(O)c1ccc(CSc2nnc(-c3ccc([N+](=O)[O-])cc3)n2Cc2ccccc2)cc1. The number of rotatable bonds is 8. The van der Waals surface area contributed by atoms with Crippen LogP contribution in [0.1, 0.15) is 21.5 Å². The average Bonchev–Trinajstić information content (AvgIpc) is 3.21. The van der Waals surface area contributed by atoms with Gasteiger partial charge in [-0.3, -0.25) is 14.7 Å². The maximum atomic E-state index is 11.0. The summed E-state index contributed by atoms with van der Waals surface area (Å²) in [7, 11) is 0. The number of aromatic nitrogens is 3. The first-order valence-corrected chi connectivity index (χ1v) is 10.7. The number of benzene rings is 3. The monoisotopic (exact) mass is 446 g/mol. The lowest BCUT2D eigenvalue weighted by atomic mass is 10.1. The number of nitro groups is 1. The Balaban J connectivity index is 1.62. The average molecular weight is 446 g/mol. The van der Waals surface area contributed by atoms with Crippen LogP contribution >= 0.6 is 11.8 Å². The molecule has 9 heteroatoms. The number of nitro benzene ring substituents is 1. The number of nitrogens with zero attached hydrogens (tertiary/aromatic N) is 4. The fourth-order valence-corrected chi connectivity index (χ4v) is 4.03. The van der Waals surface area contributed by atoms with E-state index in [1.165, 1.54) is 23.9 Å². The van der Waals surface area contributed by atoms with Crippen molar-refractivity contribution in [2.45, 2.75) is 17.5 Å². The summed E-state index contributed by atoms with van der Waals surface area (Å²) in [4.78, 5) is 21.6. The number of hydrogen-bond donors (Lipinski definition) is 1. The molecule has 1 aromatic heterocycles. The van der Waals surface area contributed by atoms with Gasteiger partial charge in [0, 0.05) is 23.4 Å². The van der Waals surface area contributed by atoms with E-state index in [2.05, 4.69) is 10.2 Å². The van der Waals surface area contributed by atoms with E-state index in [1.54, 1.807) is 36.4 Å². The Labute approximate surface area is 187 Å². The molecule has 0 bridgehead atoms. The van der Waals surface area contributed by atoms with E-state index in [0.717, 1.165) is 16.7 Å². The molecule has 0 radical (unpaired) electrons. The first kappa shape index (κ1) is 21.3. The summed E-state index contributed by atoms with van der Waals surface area (Å²) in [5, 5.41) is 29.4. The second kappa shape index (κ2) is 9.44. The summed E-state index contributed by atoms with van der Waals surface area (Å²) in [5.41, 5.74) is 3.03. The quantitative estimate of drug-likeness (QED) is 0.233. The fourth-order valence-electron chi connectivity index (χ4n) is 3.14. The Kier molecular flexibility index (Phi) is 6.27. The predicted molar refractivity (Wildman–Crippen MR) is 121 cm³/mol. The van der Waals surface area contributed by atoms with Crippen LogP contribution in [0.2, 0.25) is 0 Å². The number of carboxylic acid groups (broad SMARTS) is 1. The minimum atomic E-state index is -0.959. The van der Waals surface area contributed by atoms with Crippen molar-refractivity contribution in [3.05, 3.63) is 106 Å². The molecule has 0 aliphatic rings. The maximum absolute atomic E-state index is 11.0. The smallest absolute Gasteiger partial charge is 0.335 e. The van der Waals surface area contributed by atoms with Gasteiger partial charge in [-0.1, -0.05) is 54.2 Å². The highest BCUT2D eigenvalue weighted by Gasteiger charge is 2.16. The Hall–Kier alpha value is -3.98. The summed E-state index contributed by atoms with van der Waals surface area (Å²) in [6.45, 7) is 0.542. The van der Waals surface area contributed by atoms with Crippen LogP contribution in [0.15, 0.2) is 84.0 Å². The molecule has 0 aliphatic heterocycles. The van der Waals surface area contributed by atoms with Gasteiger partial charge in [-0.15, -0.1) is 10.2 Å². The molecule has 8 nitrogen and oxygen atoms in total. The van der Waals surface area contributed by atoms with Crippen molar-refractivity contribution in [1.82, 2.24) is 14.8 Å². The number of aromatic carboxylic acids is 1. The van der Waals surface area contributed by atoms with Gasteiger partial charge < -0.3 is 5.11 Å². The van der Waals surface area contributed by atoms with Gasteiger partial charge in [-0.05, 0) is 35.4 Å². The van der Waals surface area contributed by atoms with E-state index in [9.17, 15) is 14.9 Å². The van der Waals surface area contributed by atoms with Gasteiger partial charge in [0.1, 0.15) is 0 Å². The molecule has 1 N–H and O–H groups in total. The molecule has 1 heterocycles. The van der Waals surface area contributed by atoms with Gasteiger partial charge in [0.05, 0.1) is 17.0 Å². The molecule has 0 atom stereocenters. The fraction of sp³-hybridized carbons (Fsp3) is 0.0870. The molecule has 4 rings (SSSR count). The highest BCUT2D eigenvalue weighted by atomic mass is 32.2. The Morgan fingerprint density at radius 1 is 0.938 bits per heavy atom. The third-order valence-corrected chi connectivity index (χ3v) is 5.84. The van der Waals surface area contributed by atoms with Crippen LogP contribution in [-0.4, -0.2) is 30.8 Å². The van der Waals surface area contributed by atoms with Gasteiger partial charge >= 0.3 is 5.97 Å². The topological polar surface area (TPSA) is 111 Å². The largest absolute Gasteiger partial charge is 0.478 e. The summed E-state index contributed by atoms with van der Waals surface area (Å²) < 4.78 is 1.98. The molecule has 3 aromatic carbocycles. The van der Waals surface area contributed by atoms with Crippen molar-refractivity contribution in [3.63, 3.8) is 0 Å². The standard InChI is InChI=1S/C23H18N4O4S/c28-22(29)19-8-6-17(7-9-19)15-32-23-25-24-21(18-10-12-20(13-11-18)27(30)31)26(23)14-16-4-2-1-3-5-16/h1-13H,14-15H2,(H,28,29). The van der Waals surface area contributed by atoms with Gasteiger partial charge in [0.25, 0.3) is 5.69 Å². The van der Waals surface area contributed by atoms with Gasteiger partial charge in [0.15, 0.2) is 11.0 Å². The zero-order chi connectivity index (χ0) is 22.5. The second-order valence-corrected chi connectivity index (χ2v) is 7.92. The lowest BCUT2D eigenvalue weighted by molar-refractivity contribution is -0.384. The molecular weight excluding hydrogens is 428 g/mol. The minimum Gasteiger partial charge on any atom is -0.478 e. The lowest BCUT2D eigenvalue weighted by Crippen LogP contribution is -2.04. The van der Waals surface area contributed by atoms with Crippen molar-refractivity contribution >= 4 is 23.4 Å². The summed E-state index contributed by atoms with van der Waals surface area (Å²) >= 11 is 1.49. The van der Waals surface area contributed by atoms with Crippen molar-refractivity contribution in [2.75, 3.05) is 0 Å². The summed E-state index contributed by atoms with van der Waals surface area (Å²) in [6, 6.07) is 22.9. The van der Waals surface area contributed by atoms with E-state index >= 15 is 0 Å². The van der Waals surface area contributed by atoms with Gasteiger partial charge in [-0.25, -0.2) is 4.79 Å². The van der Waals surface area contributed by atoms with Crippen LogP contribution in [0.25, 0.3) is 11.4 Å². The summed E-state index contributed by atoms with van der Waals surface area (Å²) in [5.74, 6) is 0.250. The van der Waals surface area contributed by atoms with Crippen LogP contribution in [0, 0.1) is 10.1 Å². The predicted octanol–water partition coefficient (Wildman–Crippen LogP) is 4.89. The minimum absolute atomic E-state index is 0.0160. The molecule has 0 spiro atoms. The molecule has 0 saturated carbocycles. The molecule has 0 amide bonds. The number of carboxylic acids is 1. The number of non-ortho nitro benzene ring substituents is 1. The van der Waals surface area contributed by atoms with Gasteiger partial charge in [0.2, 0.25) is 0 Å². The first-order chi connectivity index (χ1) is 15.5. The van der Waals surface area contributed by atoms with Crippen LogP contribution in [0.3, 0.4) is 0 Å². The van der Waals surface area contributed by atoms with Crippen LogP contribution in [0.4, 0.5) is 5.69 Å². The molecule has 160 valence electrons. The van der Waals surface area contributed by atoms with Crippen LogP contribution in [-0.2, 0) is 12.3 Å². The highest BCUT2D eigenvalue weighted by molar-refractivity contribution is 7.98. The van der Waals surface area contributed by atoms with Crippen LogP contribution < -0.4 is 0 Å². The van der Waals surface area contributed by atoms with Crippen molar-refractivity contribution in [3.8, 4) is 11.4 Å². The van der Waals surface area contributed by atoms with Crippen molar-refractivity contribution in [1.29, 1.82) is 0 Å². The first-order valence-electron chi connectivity index (χ1n) is 9.68. The third-order valence-electron chi connectivity index (χ3n) is 4.81. The molecule has 0 fully saturated rings.